The van der Waals surface area contributed by atoms with E-state index in [1.165, 1.54) is 35.2 Å². The standard InChI is InChI=1S/C22H15N3O8S3/c23-36(29,30)15-4-1-12(2-5-15)17-6-3-14(33-17)8-20-21(26)24(22(34)35-20)10-13-7-18-19(32-11-31-18)9-16(13)25(27)28/h1-9H,10-11H2,(H2,23,29,30)/b20-8-. The van der Waals surface area contributed by atoms with Crippen molar-refractivity contribution in [2.45, 2.75) is 11.4 Å². The van der Waals surface area contributed by atoms with Gasteiger partial charge in [-0.05, 0) is 42.5 Å². The molecule has 3 heterocycles. The minimum absolute atomic E-state index is 0.0237. The highest BCUT2D eigenvalue weighted by molar-refractivity contribution is 8.26. The van der Waals surface area contributed by atoms with Crippen molar-refractivity contribution in [3.8, 4) is 22.8 Å². The van der Waals surface area contributed by atoms with Crippen molar-refractivity contribution in [3.05, 3.63) is 74.9 Å². The summed E-state index contributed by atoms with van der Waals surface area (Å²) in [7, 11) is -3.81. The lowest BCUT2D eigenvalue weighted by Crippen LogP contribution is -2.27. The molecule has 0 spiro atoms. The van der Waals surface area contributed by atoms with Crippen molar-refractivity contribution in [1.29, 1.82) is 0 Å². The fraction of sp³-hybridized carbons (Fsp3) is 0.0909. The molecule has 11 nitrogen and oxygen atoms in total. The third-order valence-electron chi connectivity index (χ3n) is 5.34. The molecule has 1 saturated heterocycles. The van der Waals surface area contributed by atoms with Crippen LogP contribution in [0.4, 0.5) is 5.69 Å². The second kappa shape index (κ2) is 9.05. The number of nitrogens with two attached hydrogens (primary N) is 1. The molecule has 5 rings (SSSR count). The largest absolute Gasteiger partial charge is 0.457 e. The molecule has 2 N–H and O–H groups in total. The minimum Gasteiger partial charge on any atom is -0.457 e. The lowest BCUT2D eigenvalue weighted by molar-refractivity contribution is -0.385. The summed E-state index contributed by atoms with van der Waals surface area (Å²) in [6.07, 6.45) is 1.52. The van der Waals surface area contributed by atoms with E-state index in [-0.39, 0.29) is 44.5 Å². The number of ether oxygens (including phenoxy) is 2. The Balaban J connectivity index is 1.37. The molecule has 0 bridgehead atoms. The Kier molecular flexibility index (Phi) is 6.04. The Hall–Kier alpha value is -3.72. The topological polar surface area (TPSA) is 155 Å². The van der Waals surface area contributed by atoms with E-state index >= 15 is 0 Å². The summed E-state index contributed by atoms with van der Waals surface area (Å²) in [5, 5.41) is 16.7. The molecule has 0 unspecified atom stereocenters. The van der Waals surface area contributed by atoms with Crippen molar-refractivity contribution < 1.29 is 32.0 Å². The van der Waals surface area contributed by atoms with Gasteiger partial charge in [-0.15, -0.1) is 0 Å². The average Bonchev–Trinajstić information content (AvgIpc) is 3.54. The average molecular weight is 546 g/mol. The minimum atomic E-state index is -3.81. The first-order valence-electron chi connectivity index (χ1n) is 10.2. The number of carbonyl (C=O) groups is 1. The monoisotopic (exact) mass is 545 g/mol. The van der Waals surface area contributed by atoms with Gasteiger partial charge in [0, 0.05) is 11.6 Å². The quantitative estimate of drug-likeness (QED) is 0.210. The number of nitrogens with zero attached hydrogens (tertiary/aromatic N) is 2. The van der Waals surface area contributed by atoms with Gasteiger partial charge in [-0.25, -0.2) is 13.6 Å². The first-order valence-corrected chi connectivity index (χ1v) is 12.9. The van der Waals surface area contributed by atoms with Gasteiger partial charge in [0.2, 0.25) is 16.8 Å². The van der Waals surface area contributed by atoms with Crippen LogP contribution in [0.25, 0.3) is 17.4 Å². The number of thiocarbonyl (C=S) groups is 1. The molecule has 184 valence electrons. The van der Waals surface area contributed by atoms with E-state index in [1.807, 2.05) is 0 Å². The molecule has 0 saturated carbocycles. The van der Waals surface area contributed by atoms with Gasteiger partial charge in [-0.1, -0.05) is 24.0 Å². The number of hydrogen-bond acceptors (Lipinski definition) is 10. The van der Waals surface area contributed by atoms with Crippen molar-refractivity contribution >= 4 is 56.0 Å². The van der Waals surface area contributed by atoms with Crippen LogP contribution in [0.15, 0.2) is 62.7 Å². The highest BCUT2D eigenvalue weighted by Gasteiger charge is 2.35. The van der Waals surface area contributed by atoms with Gasteiger partial charge < -0.3 is 13.9 Å². The van der Waals surface area contributed by atoms with Crippen LogP contribution in [-0.2, 0) is 21.4 Å². The predicted molar refractivity (Wildman–Crippen MR) is 133 cm³/mol. The second-order valence-corrected chi connectivity index (χ2v) is 10.9. The number of hydrogen-bond donors (Lipinski definition) is 1. The van der Waals surface area contributed by atoms with Crippen LogP contribution >= 0.6 is 24.0 Å². The van der Waals surface area contributed by atoms with Crippen LogP contribution < -0.4 is 14.6 Å². The summed E-state index contributed by atoms with van der Waals surface area (Å²) < 4.78 is 39.4. The molecule has 14 heteroatoms. The number of thioether (sulfide) groups is 1. The predicted octanol–water partition coefficient (Wildman–Crippen LogP) is 3.63. The Bertz CT molecular complexity index is 1560. The van der Waals surface area contributed by atoms with E-state index in [0.717, 1.165) is 11.8 Å². The highest BCUT2D eigenvalue weighted by Crippen LogP contribution is 2.40. The van der Waals surface area contributed by atoms with Crippen LogP contribution in [0, 0.1) is 10.1 Å². The van der Waals surface area contributed by atoms with E-state index in [0.29, 0.717) is 22.8 Å². The Labute approximate surface area is 213 Å². The molecule has 1 fully saturated rings. The molecule has 2 aromatic carbocycles. The molecular formula is C22H15N3O8S3. The van der Waals surface area contributed by atoms with Crippen LogP contribution in [0.1, 0.15) is 11.3 Å². The third kappa shape index (κ3) is 4.58. The maximum absolute atomic E-state index is 13.1. The number of rotatable bonds is 6. The van der Waals surface area contributed by atoms with Gasteiger partial charge in [0.05, 0.1) is 32.9 Å². The number of carbonyl (C=O) groups excluding carboxylic acids is 1. The number of nitro groups is 1. The molecule has 2 aliphatic heterocycles. The molecule has 1 aromatic heterocycles. The van der Waals surface area contributed by atoms with Gasteiger partial charge in [0.1, 0.15) is 15.8 Å². The Morgan fingerprint density at radius 1 is 1.14 bits per heavy atom. The molecule has 1 amide bonds. The van der Waals surface area contributed by atoms with Gasteiger partial charge in [0.25, 0.3) is 11.6 Å². The SMILES string of the molecule is NS(=O)(=O)c1ccc(-c2ccc(/C=C3\SC(=S)N(Cc4cc5c(cc4[N+](=O)[O-])OCO5)C3=O)o2)cc1. The van der Waals surface area contributed by atoms with Crippen LogP contribution in [0.3, 0.4) is 0 Å². The summed E-state index contributed by atoms with van der Waals surface area (Å²) in [5.74, 6) is 1.02. The number of furan rings is 1. The number of nitro benzene ring substituents is 1. The fourth-order valence-electron chi connectivity index (χ4n) is 3.60. The Morgan fingerprint density at radius 3 is 2.50 bits per heavy atom. The number of amides is 1. The lowest BCUT2D eigenvalue weighted by atomic mass is 10.1. The fourth-order valence-corrected chi connectivity index (χ4v) is 5.35. The van der Waals surface area contributed by atoms with Gasteiger partial charge in [-0.2, -0.15) is 0 Å². The number of sulfonamides is 1. The smallest absolute Gasteiger partial charge is 0.278 e. The summed E-state index contributed by atoms with van der Waals surface area (Å²) >= 11 is 6.40. The first kappa shape index (κ1) is 24.0. The van der Waals surface area contributed by atoms with E-state index in [2.05, 4.69) is 0 Å². The summed E-state index contributed by atoms with van der Waals surface area (Å²) in [6, 6.07) is 11.9. The zero-order valence-electron chi connectivity index (χ0n) is 18.1. The summed E-state index contributed by atoms with van der Waals surface area (Å²) in [6.45, 7) is -0.157. The molecule has 3 aromatic rings. The van der Waals surface area contributed by atoms with Gasteiger partial charge in [-0.3, -0.25) is 19.8 Å². The molecule has 0 radical (unpaired) electrons. The van der Waals surface area contributed by atoms with Gasteiger partial charge >= 0.3 is 0 Å². The van der Waals surface area contributed by atoms with Crippen molar-refractivity contribution in [3.63, 3.8) is 0 Å². The third-order valence-corrected chi connectivity index (χ3v) is 7.65. The van der Waals surface area contributed by atoms with Crippen molar-refractivity contribution in [2.24, 2.45) is 5.14 Å². The van der Waals surface area contributed by atoms with Crippen LogP contribution in [0.2, 0.25) is 0 Å². The normalized spacial score (nSPS) is 16.2. The number of primary sulfonamides is 1. The van der Waals surface area contributed by atoms with E-state index < -0.39 is 20.9 Å². The number of benzene rings is 2. The molecule has 2 aliphatic rings. The first-order chi connectivity index (χ1) is 17.1. The Morgan fingerprint density at radius 2 is 1.83 bits per heavy atom. The zero-order chi connectivity index (χ0) is 25.6. The maximum atomic E-state index is 13.1. The lowest BCUT2D eigenvalue weighted by Gasteiger charge is -2.15. The van der Waals surface area contributed by atoms with E-state index in [1.54, 1.807) is 24.3 Å². The maximum Gasteiger partial charge on any atom is 0.278 e. The summed E-state index contributed by atoms with van der Waals surface area (Å²) in [4.78, 5) is 25.6. The summed E-state index contributed by atoms with van der Waals surface area (Å²) in [5.41, 5.74) is 0.663. The molecule has 0 atom stereocenters. The van der Waals surface area contributed by atoms with E-state index in [4.69, 9.17) is 31.2 Å². The second-order valence-electron chi connectivity index (χ2n) is 7.63. The molecule has 36 heavy (non-hydrogen) atoms. The molecular weight excluding hydrogens is 530 g/mol. The van der Waals surface area contributed by atoms with Crippen LogP contribution in [0.5, 0.6) is 11.5 Å². The molecule has 0 aliphatic carbocycles. The van der Waals surface area contributed by atoms with Crippen molar-refractivity contribution in [1.82, 2.24) is 4.90 Å². The van der Waals surface area contributed by atoms with Gasteiger partial charge in [0.15, 0.2) is 11.5 Å². The van der Waals surface area contributed by atoms with Crippen molar-refractivity contribution in [2.75, 3.05) is 6.79 Å². The highest BCUT2D eigenvalue weighted by atomic mass is 32.2. The zero-order valence-corrected chi connectivity index (χ0v) is 20.5. The number of fused-ring (bicyclic) bond motifs is 1. The van der Waals surface area contributed by atoms with Crippen LogP contribution in [-0.4, -0.2) is 35.3 Å². The van der Waals surface area contributed by atoms with E-state index in [9.17, 15) is 23.3 Å².